The summed E-state index contributed by atoms with van der Waals surface area (Å²) in [5.74, 6) is 0.291. The van der Waals surface area contributed by atoms with Gasteiger partial charge >= 0.3 is 0 Å². The molecule has 4 heterocycles. The Bertz CT molecular complexity index is 793. The van der Waals surface area contributed by atoms with Gasteiger partial charge in [0.05, 0.1) is 32.1 Å². The Hall–Kier alpha value is -2.14. The Kier molecular flexibility index (Phi) is 3.49. The molecule has 0 aromatic carbocycles. The van der Waals surface area contributed by atoms with Gasteiger partial charge in [0.1, 0.15) is 23.3 Å². The molecule has 2 bridgehead atoms. The van der Waals surface area contributed by atoms with Crippen LogP contribution in [0.15, 0.2) is 17.5 Å². The molecule has 1 unspecified atom stereocenters. The average molecular weight is 334 g/mol. The van der Waals surface area contributed by atoms with Gasteiger partial charge in [-0.1, -0.05) is 0 Å². The topological polar surface area (TPSA) is 118 Å². The summed E-state index contributed by atoms with van der Waals surface area (Å²) in [5.41, 5.74) is 0.0141. The van der Waals surface area contributed by atoms with Gasteiger partial charge in [0.2, 0.25) is 0 Å². The third-order valence-electron chi connectivity index (χ3n) is 4.26. The van der Waals surface area contributed by atoms with Gasteiger partial charge in [-0.05, 0) is 0 Å². The van der Waals surface area contributed by atoms with Crippen molar-refractivity contribution in [1.82, 2.24) is 24.4 Å². The Morgan fingerprint density at radius 2 is 2.33 bits per heavy atom. The summed E-state index contributed by atoms with van der Waals surface area (Å²) in [5, 5.41) is 19.9. The van der Waals surface area contributed by atoms with Gasteiger partial charge in [0.25, 0.3) is 5.95 Å². The molecule has 2 aromatic heterocycles. The van der Waals surface area contributed by atoms with E-state index in [0.29, 0.717) is 17.1 Å². The van der Waals surface area contributed by atoms with E-state index in [1.54, 1.807) is 28.3 Å². The van der Waals surface area contributed by atoms with Crippen molar-refractivity contribution in [2.24, 2.45) is 4.99 Å². The molecular weight excluding hydrogens is 316 g/mol. The van der Waals surface area contributed by atoms with Gasteiger partial charge in [-0.3, -0.25) is 4.57 Å². The molecule has 2 aliphatic heterocycles. The van der Waals surface area contributed by atoms with Crippen LogP contribution in [0.25, 0.3) is 11.2 Å². The largest absolute Gasteiger partial charge is 0.393 e. The highest BCUT2D eigenvalue weighted by Gasteiger charge is 2.61. The van der Waals surface area contributed by atoms with Crippen molar-refractivity contribution >= 4 is 23.5 Å². The van der Waals surface area contributed by atoms with E-state index in [4.69, 9.17) is 9.47 Å². The van der Waals surface area contributed by atoms with Crippen LogP contribution in [-0.4, -0.2) is 86.1 Å². The summed E-state index contributed by atoms with van der Waals surface area (Å²) in [7, 11) is 3.70. The number of aliphatic imine (C=N–C) groups is 1. The van der Waals surface area contributed by atoms with Crippen molar-refractivity contribution in [1.29, 1.82) is 0 Å². The van der Waals surface area contributed by atoms with Gasteiger partial charge in [0, 0.05) is 14.1 Å². The van der Waals surface area contributed by atoms with E-state index in [1.165, 1.54) is 0 Å². The third-order valence-corrected chi connectivity index (χ3v) is 4.26. The number of rotatable bonds is 4. The van der Waals surface area contributed by atoms with Crippen LogP contribution in [0.5, 0.6) is 0 Å². The standard InChI is InChI=1S/C14H18N6O4/c1-19(2)6-17-13-15-3-8-11(18-13)20(7-16-8)12-9-10(22)14(4-21,24-12)5-23-9/h3,6-7,9-10,12,21-22H,4-5H2,1-2H3/t9-,10?,12+,14-/m0/s1. The van der Waals surface area contributed by atoms with Gasteiger partial charge < -0.3 is 24.6 Å². The van der Waals surface area contributed by atoms with Crippen LogP contribution < -0.4 is 0 Å². The number of nitrogens with zero attached hydrogens (tertiary/aromatic N) is 6. The zero-order valence-electron chi connectivity index (χ0n) is 13.3. The maximum absolute atomic E-state index is 10.3. The lowest BCUT2D eigenvalue weighted by Crippen LogP contribution is -2.44. The monoisotopic (exact) mass is 334 g/mol. The zero-order valence-corrected chi connectivity index (χ0v) is 13.3. The number of imidazole rings is 1. The van der Waals surface area contributed by atoms with Gasteiger partial charge in [0.15, 0.2) is 11.9 Å². The number of hydrogen-bond acceptors (Lipinski definition) is 8. The number of aliphatic hydroxyl groups excluding tert-OH is 2. The summed E-state index contributed by atoms with van der Waals surface area (Å²) in [6.07, 6.45) is 2.63. The molecule has 0 spiro atoms. The first-order valence-electron chi connectivity index (χ1n) is 7.53. The van der Waals surface area contributed by atoms with Gasteiger partial charge in [-0.2, -0.15) is 4.98 Å². The molecule has 10 nitrogen and oxygen atoms in total. The van der Waals surface area contributed by atoms with Crippen LogP contribution in [0.1, 0.15) is 6.23 Å². The van der Waals surface area contributed by atoms with E-state index in [9.17, 15) is 10.2 Å². The van der Waals surface area contributed by atoms with Crippen LogP contribution in [0, 0.1) is 0 Å². The lowest BCUT2D eigenvalue weighted by molar-refractivity contribution is -0.185. The summed E-state index contributed by atoms with van der Waals surface area (Å²) in [6, 6.07) is 0. The SMILES string of the molecule is CN(C)C=Nc1ncc2ncn([C@@H]3O[C@@]4(CO)CO[C@H]3C4O)c2n1. The first-order chi connectivity index (χ1) is 11.5. The fourth-order valence-corrected chi connectivity index (χ4v) is 2.99. The smallest absolute Gasteiger partial charge is 0.252 e. The van der Waals surface area contributed by atoms with E-state index in [-0.39, 0.29) is 13.2 Å². The molecule has 0 saturated carbocycles. The second-order valence-corrected chi connectivity index (χ2v) is 6.19. The van der Waals surface area contributed by atoms with E-state index in [2.05, 4.69) is 19.9 Å². The fraction of sp³-hybridized carbons (Fsp3) is 0.571. The van der Waals surface area contributed by atoms with Gasteiger partial charge in [-0.25, -0.2) is 15.0 Å². The van der Waals surface area contributed by atoms with Crippen LogP contribution in [0.2, 0.25) is 0 Å². The predicted octanol–water partition coefficient (Wildman–Crippen LogP) is -0.933. The first kappa shape index (κ1) is 15.4. The molecule has 128 valence electrons. The van der Waals surface area contributed by atoms with Crippen LogP contribution >= 0.6 is 0 Å². The van der Waals surface area contributed by atoms with Crippen LogP contribution in [0.3, 0.4) is 0 Å². The lowest BCUT2D eigenvalue weighted by atomic mass is 10.0. The Balaban J connectivity index is 1.71. The normalized spacial score (nSPS) is 32.2. The molecule has 24 heavy (non-hydrogen) atoms. The number of hydrogen-bond donors (Lipinski definition) is 2. The Labute approximate surface area is 137 Å². The summed E-state index contributed by atoms with van der Waals surface area (Å²) < 4.78 is 13.2. The van der Waals surface area contributed by atoms with Crippen LogP contribution in [-0.2, 0) is 9.47 Å². The Morgan fingerprint density at radius 3 is 3.04 bits per heavy atom. The molecule has 2 N–H and O–H groups in total. The van der Waals surface area contributed by atoms with Crippen molar-refractivity contribution in [2.75, 3.05) is 27.3 Å². The summed E-state index contributed by atoms with van der Waals surface area (Å²) >= 11 is 0. The quantitative estimate of drug-likeness (QED) is 0.544. The molecule has 10 heteroatoms. The van der Waals surface area contributed by atoms with Crippen molar-refractivity contribution in [3.05, 3.63) is 12.5 Å². The molecule has 2 saturated heterocycles. The minimum absolute atomic E-state index is 0.159. The minimum Gasteiger partial charge on any atom is -0.393 e. The second kappa shape index (κ2) is 5.45. The second-order valence-electron chi connectivity index (χ2n) is 6.19. The molecule has 0 aliphatic carbocycles. The first-order valence-corrected chi connectivity index (χ1v) is 7.53. The zero-order chi connectivity index (χ0) is 16.9. The molecule has 0 amide bonds. The number of ether oxygens (including phenoxy) is 2. The average Bonchev–Trinajstić information content (AvgIpc) is 3.22. The molecule has 2 aliphatic rings. The van der Waals surface area contributed by atoms with Crippen molar-refractivity contribution in [2.45, 2.75) is 24.0 Å². The number of fused-ring (bicyclic) bond motifs is 3. The maximum atomic E-state index is 10.3. The van der Waals surface area contributed by atoms with E-state index >= 15 is 0 Å². The Morgan fingerprint density at radius 1 is 1.50 bits per heavy atom. The lowest BCUT2D eigenvalue weighted by Gasteiger charge is -2.29. The molecule has 4 atom stereocenters. The van der Waals surface area contributed by atoms with Crippen molar-refractivity contribution in [3.63, 3.8) is 0 Å². The molecule has 2 aromatic rings. The molecular formula is C14H18N6O4. The number of aliphatic hydroxyl groups is 2. The highest BCUT2D eigenvalue weighted by atomic mass is 16.7. The maximum Gasteiger partial charge on any atom is 0.252 e. The predicted molar refractivity (Wildman–Crippen MR) is 82.8 cm³/mol. The van der Waals surface area contributed by atoms with Crippen molar-refractivity contribution in [3.8, 4) is 0 Å². The third kappa shape index (κ3) is 2.18. The fourth-order valence-electron chi connectivity index (χ4n) is 2.99. The van der Waals surface area contributed by atoms with Crippen molar-refractivity contribution < 1.29 is 19.7 Å². The van der Waals surface area contributed by atoms with Crippen LogP contribution in [0.4, 0.5) is 5.95 Å². The highest BCUT2D eigenvalue weighted by molar-refractivity contribution is 5.71. The molecule has 4 rings (SSSR count). The van der Waals surface area contributed by atoms with E-state index in [0.717, 1.165) is 0 Å². The highest BCUT2D eigenvalue weighted by Crippen LogP contribution is 2.45. The molecule has 0 radical (unpaired) electrons. The number of aromatic nitrogens is 4. The van der Waals surface area contributed by atoms with E-state index in [1.807, 2.05) is 14.1 Å². The molecule has 2 fully saturated rings. The van der Waals surface area contributed by atoms with E-state index < -0.39 is 24.0 Å². The summed E-state index contributed by atoms with van der Waals surface area (Å²) in [4.78, 5) is 18.7. The van der Waals surface area contributed by atoms with Gasteiger partial charge in [-0.15, -0.1) is 0 Å². The minimum atomic E-state index is -1.09. The summed E-state index contributed by atoms with van der Waals surface area (Å²) in [6.45, 7) is -0.160.